The molecule has 0 saturated heterocycles. The SMILES string of the molecule is Cc1ccc(/C=C/C(=O)[O-])cc1S(=O)(=O)NCCCC(=O)[O-]. The zero-order valence-electron chi connectivity index (χ0n) is 11.9. The summed E-state index contributed by atoms with van der Waals surface area (Å²) in [5.41, 5.74) is 0.878. The fourth-order valence-corrected chi connectivity index (χ4v) is 3.04. The van der Waals surface area contributed by atoms with Crippen LogP contribution in [0.15, 0.2) is 29.2 Å². The lowest BCUT2D eigenvalue weighted by Crippen LogP contribution is -2.28. The van der Waals surface area contributed by atoms with Gasteiger partial charge in [-0.05, 0) is 43.0 Å². The van der Waals surface area contributed by atoms with Crippen molar-refractivity contribution in [1.82, 2.24) is 4.72 Å². The highest BCUT2D eigenvalue weighted by molar-refractivity contribution is 7.89. The molecule has 0 aliphatic rings. The van der Waals surface area contributed by atoms with Crippen molar-refractivity contribution in [2.45, 2.75) is 24.7 Å². The summed E-state index contributed by atoms with van der Waals surface area (Å²) in [6, 6.07) is 4.45. The summed E-state index contributed by atoms with van der Waals surface area (Å²) in [7, 11) is -3.81. The first-order valence-corrected chi connectivity index (χ1v) is 7.90. The number of carbonyl (C=O) groups excluding carboxylic acids is 2. The van der Waals surface area contributed by atoms with Crippen LogP contribution >= 0.6 is 0 Å². The van der Waals surface area contributed by atoms with Crippen LogP contribution in [0.25, 0.3) is 6.08 Å². The Balaban J connectivity index is 2.91. The van der Waals surface area contributed by atoms with Gasteiger partial charge in [-0.15, -0.1) is 0 Å². The van der Waals surface area contributed by atoms with Gasteiger partial charge in [0.05, 0.1) is 10.9 Å². The Morgan fingerprint density at radius 3 is 2.55 bits per heavy atom. The Bertz CT molecular complexity index is 693. The minimum atomic E-state index is -3.81. The number of nitrogens with one attached hydrogen (secondary N) is 1. The molecule has 0 bridgehead atoms. The Hall–Kier alpha value is -2.19. The first kappa shape index (κ1) is 17.9. The van der Waals surface area contributed by atoms with Gasteiger partial charge in [-0.3, -0.25) is 0 Å². The van der Waals surface area contributed by atoms with Gasteiger partial charge in [0.2, 0.25) is 10.0 Å². The van der Waals surface area contributed by atoms with Gasteiger partial charge in [-0.25, -0.2) is 13.1 Å². The van der Waals surface area contributed by atoms with Crippen LogP contribution in [0, 0.1) is 6.92 Å². The number of rotatable bonds is 8. The van der Waals surface area contributed by atoms with Crippen molar-refractivity contribution >= 4 is 28.0 Å². The number of carboxylic acid groups (broad SMARTS) is 2. The van der Waals surface area contributed by atoms with E-state index < -0.39 is 22.0 Å². The molecule has 0 atom stereocenters. The Labute approximate surface area is 128 Å². The van der Waals surface area contributed by atoms with Crippen molar-refractivity contribution in [3.05, 3.63) is 35.4 Å². The first-order chi connectivity index (χ1) is 10.2. The summed E-state index contributed by atoms with van der Waals surface area (Å²) in [5, 5.41) is 20.6. The van der Waals surface area contributed by atoms with E-state index in [1.807, 2.05) is 0 Å². The average molecular weight is 325 g/mol. The van der Waals surface area contributed by atoms with E-state index in [4.69, 9.17) is 0 Å². The van der Waals surface area contributed by atoms with Crippen molar-refractivity contribution in [3.8, 4) is 0 Å². The van der Waals surface area contributed by atoms with Crippen molar-refractivity contribution in [1.29, 1.82) is 0 Å². The molecule has 0 unspecified atom stereocenters. The minimum absolute atomic E-state index is 0.00134. The molecule has 1 aromatic carbocycles. The molecule has 22 heavy (non-hydrogen) atoms. The Morgan fingerprint density at radius 1 is 1.27 bits per heavy atom. The quantitative estimate of drug-likeness (QED) is 0.461. The van der Waals surface area contributed by atoms with Gasteiger partial charge < -0.3 is 19.8 Å². The summed E-state index contributed by atoms with van der Waals surface area (Å²) in [6.07, 6.45) is 1.90. The van der Waals surface area contributed by atoms with Crippen molar-refractivity contribution in [3.63, 3.8) is 0 Å². The number of benzene rings is 1. The zero-order valence-corrected chi connectivity index (χ0v) is 12.7. The molecule has 0 radical (unpaired) electrons. The fraction of sp³-hybridized carbons (Fsp3) is 0.286. The van der Waals surface area contributed by atoms with Crippen LogP contribution in [0.3, 0.4) is 0 Å². The van der Waals surface area contributed by atoms with Crippen LogP contribution in [0.1, 0.15) is 24.0 Å². The third kappa shape index (κ3) is 5.66. The van der Waals surface area contributed by atoms with Gasteiger partial charge in [0, 0.05) is 12.5 Å². The number of aryl methyl sites for hydroxylation is 1. The second kappa shape index (κ2) is 7.71. The summed E-state index contributed by atoms with van der Waals surface area (Å²) >= 11 is 0. The van der Waals surface area contributed by atoms with E-state index in [-0.39, 0.29) is 24.3 Å². The van der Waals surface area contributed by atoms with Crippen molar-refractivity contribution in [2.24, 2.45) is 0 Å². The molecule has 0 aromatic heterocycles. The number of sulfonamides is 1. The molecule has 1 N–H and O–H groups in total. The summed E-state index contributed by atoms with van der Waals surface area (Å²) in [4.78, 5) is 20.6. The number of hydrogen-bond acceptors (Lipinski definition) is 6. The Kier molecular flexibility index (Phi) is 6.26. The number of hydrogen-bond donors (Lipinski definition) is 1. The van der Waals surface area contributed by atoms with Crippen LogP contribution < -0.4 is 14.9 Å². The lowest BCUT2D eigenvalue weighted by atomic mass is 10.1. The van der Waals surface area contributed by atoms with Crippen molar-refractivity contribution < 1.29 is 28.2 Å². The first-order valence-electron chi connectivity index (χ1n) is 6.41. The summed E-state index contributed by atoms with van der Waals surface area (Å²) < 4.78 is 26.6. The van der Waals surface area contributed by atoms with E-state index in [1.165, 1.54) is 12.1 Å². The molecule has 120 valence electrons. The second-order valence-corrected chi connectivity index (χ2v) is 6.29. The smallest absolute Gasteiger partial charge is 0.240 e. The van der Waals surface area contributed by atoms with Crippen LogP contribution in [-0.4, -0.2) is 26.9 Å². The molecule has 0 aliphatic carbocycles. The predicted molar refractivity (Wildman–Crippen MR) is 74.6 cm³/mol. The molecule has 1 aromatic rings. The number of aliphatic carboxylic acids is 2. The molecule has 1 rings (SSSR count). The lowest BCUT2D eigenvalue weighted by molar-refractivity contribution is -0.306. The summed E-state index contributed by atoms with van der Waals surface area (Å²) in [6.45, 7) is 1.57. The topological polar surface area (TPSA) is 126 Å². The zero-order chi connectivity index (χ0) is 16.8. The maximum absolute atomic E-state index is 12.2. The van der Waals surface area contributed by atoms with Crippen LogP contribution in [0.5, 0.6) is 0 Å². The van der Waals surface area contributed by atoms with E-state index in [0.29, 0.717) is 11.1 Å². The minimum Gasteiger partial charge on any atom is -0.550 e. The third-order valence-corrected chi connectivity index (χ3v) is 4.37. The molecule has 0 spiro atoms. The molecule has 8 heteroatoms. The highest BCUT2D eigenvalue weighted by Gasteiger charge is 2.16. The normalized spacial score (nSPS) is 11.7. The molecule has 0 saturated carbocycles. The third-order valence-electron chi connectivity index (χ3n) is 2.76. The largest absolute Gasteiger partial charge is 0.550 e. The van der Waals surface area contributed by atoms with E-state index >= 15 is 0 Å². The molecule has 0 aliphatic heterocycles. The van der Waals surface area contributed by atoms with E-state index in [2.05, 4.69) is 4.72 Å². The van der Waals surface area contributed by atoms with E-state index in [1.54, 1.807) is 19.1 Å². The van der Waals surface area contributed by atoms with Gasteiger partial charge in [0.25, 0.3) is 0 Å². The monoisotopic (exact) mass is 325 g/mol. The molecule has 0 amide bonds. The van der Waals surface area contributed by atoms with Gasteiger partial charge in [0.1, 0.15) is 0 Å². The maximum Gasteiger partial charge on any atom is 0.240 e. The molecule has 0 heterocycles. The standard InChI is InChI=1S/C14H17NO6S/c1-10-4-5-11(6-7-14(18)19)9-12(10)22(20,21)15-8-2-3-13(16)17/h4-7,9,15H,2-3,8H2,1H3,(H,16,17)(H,18,19)/p-2/b7-6+. The summed E-state index contributed by atoms with van der Waals surface area (Å²) in [5.74, 6) is -2.63. The average Bonchev–Trinajstić information content (AvgIpc) is 2.42. The Morgan fingerprint density at radius 2 is 1.95 bits per heavy atom. The van der Waals surface area contributed by atoms with Crippen LogP contribution in [0.4, 0.5) is 0 Å². The van der Waals surface area contributed by atoms with E-state index in [9.17, 15) is 28.2 Å². The predicted octanol–water partition coefficient (Wildman–Crippen LogP) is -1.43. The molecular weight excluding hydrogens is 310 g/mol. The van der Waals surface area contributed by atoms with Gasteiger partial charge >= 0.3 is 0 Å². The van der Waals surface area contributed by atoms with Gasteiger partial charge in [-0.1, -0.05) is 18.2 Å². The van der Waals surface area contributed by atoms with E-state index in [0.717, 1.165) is 6.08 Å². The second-order valence-electron chi connectivity index (χ2n) is 4.55. The highest BCUT2D eigenvalue weighted by Crippen LogP contribution is 2.18. The highest BCUT2D eigenvalue weighted by atomic mass is 32.2. The lowest BCUT2D eigenvalue weighted by Gasteiger charge is -2.10. The fourth-order valence-electron chi connectivity index (χ4n) is 1.69. The molecule has 7 nitrogen and oxygen atoms in total. The van der Waals surface area contributed by atoms with Gasteiger partial charge in [0.15, 0.2) is 0 Å². The number of carbonyl (C=O) groups is 2. The van der Waals surface area contributed by atoms with Gasteiger partial charge in [-0.2, -0.15) is 0 Å². The number of carboxylic acids is 2. The van der Waals surface area contributed by atoms with Crippen LogP contribution in [0.2, 0.25) is 0 Å². The molecular formula is C14H15NO6S-2. The van der Waals surface area contributed by atoms with Crippen LogP contribution in [-0.2, 0) is 19.6 Å². The molecule has 0 fully saturated rings. The maximum atomic E-state index is 12.2. The van der Waals surface area contributed by atoms with Crippen molar-refractivity contribution in [2.75, 3.05) is 6.54 Å².